The molecule has 0 amide bonds. The minimum absolute atomic E-state index is 0.386. The van der Waals surface area contributed by atoms with Crippen molar-refractivity contribution in [1.82, 2.24) is 5.32 Å². The van der Waals surface area contributed by atoms with Crippen molar-refractivity contribution in [2.75, 3.05) is 26.4 Å². The van der Waals surface area contributed by atoms with E-state index < -0.39 is 0 Å². The Kier molecular flexibility index (Phi) is 5.67. The second kappa shape index (κ2) is 7.51. The van der Waals surface area contributed by atoms with Crippen LogP contribution in [0.2, 0.25) is 0 Å². The van der Waals surface area contributed by atoms with E-state index in [0.717, 1.165) is 51.4 Å². The van der Waals surface area contributed by atoms with E-state index in [1.54, 1.807) is 0 Å². The first kappa shape index (κ1) is 14.4. The molecule has 3 heteroatoms. The number of rotatable bonds is 8. The molecule has 1 aliphatic rings. The Labute approximate surface area is 116 Å². The molecule has 0 spiro atoms. The number of ether oxygens (including phenoxy) is 2. The molecular formula is C16H25NO2. The molecule has 0 bridgehead atoms. The van der Waals surface area contributed by atoms with E-state index in [-0.39, 0.29) is 0 Å². The molecule has 0 radical (unpaired) electrons. The molecule has 1 aliphatic heterocycles. The van der Waals surface area contributed by atoms with Crippen LogP contribution in [-0.2, 0) is 11.2 Å². The van der Waals surface area contributed by atoms with Crippen molar-refractivity contribution in [1.29, 1.82) is 0 Å². The summed E-state index contributed by atoms with van der Waals surface area (Å²) in [6.07, 6.45) is 3.21. The normalized spacial score (nSPS) is 15.1. The van der Waals surface area contributed by atoms with Crippen LogP contribution in [0.1, 0.15) is 43.9 Å². The summed E-state index contributed by atoms with van der Waals surface area (Å²) in [4.78, 5) is 0. The van der Waals surface area contributed by atoms with Gasteiger partial charge >= 0.3 is 0 Å². The van der Waals surface area contributed by atoms with Crippen molar-refractivity contribution in [2.24, 2.45) is 0 Å². The zero-order valence-electron chi connectivity index (χ0n) is 12.1. The molecule has 0 saturated heterocycles. The lowest BCUT2D eigenvalue weighted by Gasteiger charge is -2.15. The lowest BCUT2D eigenvalue weighted by atomic mass is 10.0. The maximum absolute atomic E-state index is 5.53. The highest BCUT2D eigenvalue weighted by Gasteiger charge is 2.14. The average Bonchev–Trinajstić information content (AvgIpc) is 2.89. The summed E-state index contributed by atoms with van der Waals surface area (Å²) in [5.41, 5.74) is 2.69. The van der Waals surface area contributed by atoms with Crippen molar-refractivity contribution >= 4 is 0 Å². The Morgan fingerprint density at radius 2 is 2.26 bits per heavy atom. The molecule has 1 unspecified atom stereocenters. The van der Waals surface area contributed by atoms with Crippen molar-refractivity contribution in [2.45, 2.75) is 39.2 Å². The second-order valence-electron chi connectivity index (χ2n) is 5.11. The van der Waals surface area contributed by atoms with Gasteiger partial charge in [-0.15, -0.1) is 0 Å². The van der Waals surface area contributed by atoms with Gasteiger partial charge in [-0.05, 0) is 43.5 Å². The van der Waals surface area contributed by atoms with Gasteiger partial charge in [-0.3, -0.25) is 0 Å². The summed E-state index contributed by atoms with van der Waals surface area (Å²) < 4.78 is 11.0. The van der Waals surface area contributed by atoms with Gasteiger partial charge in [0.1, 0.15) is 5.75 Å². The van der Waals surface area contributed by atoms with Gasteiger partial charge in [0.25, 0.3) is 0 Å². The first-order valence-corrected chi connectivity index (χ1v) is 7.38. The molecule has 0 fully saturated rings. The summed E-state index contributed by atoms with van der Waals surface area (Å²) in [5.74, 6) is 1.06. The molecule has 0 aromatic heterocycles. The van der Waals surface area contributed by atoms with Crippen LogP contribution in [-0.4, -0.2) is 26.4 Å². The number of fused-ring (bicyclic) bond motifs is 1. The molecule has 1 aromatic rings. The van der Waals surface area contributed by atoms with Crippen LogP contribution in [0.5, 0.6) is 5.75 Å². The molecule has 1 atom stereocenters. The molecule has 2 rings (SSSR count). The lowest BCUT2D eigenvalue weighted by Crippen LogP contribution is -2.21. The van der Waals surface area contributed by atoms with Gasteiger partial charge in [-0.25, -0.2) is 0 Å². The van der Waals surface area contributed by atoms with Crippen LogP contribution in [0.15, 0.2) is 18.2 Å². The minimum atomic E-state index is 0.386. The monoisotopic (exact) mass is 263 g/mol. The molecule has 3 nitrogen and oxygen atoms in total. The van der Waals surface area contributed by atoms with Crippen LogP contribution in [0.4, 0.5) is 0 Å². The number of hydrogen-bond acceptors (Lipinski definition) is 3. The Balaban J connectivity index is 1.72. The van der Waals surface area contributed by atoms with E-state index >= 15 is 0 Å². The van der Waals surface area contributed by atoms with Crippen molar-refractivity contribution < 1.29 is 9.47 Å². The standard InChI is InChI=1S/C16H25NO2/c1-3-9-18-10-4-8-17-13(2)14-5-6-16-15(12-14)7-11-19-16/h5-6,12-13,17H,3-4,7-11H2,1-2H3. The molecule has 106 valence electrons. The van der Waals surface area contributed by atoms with Gasteiger partial charge in [-0.2, -0.15) is 0 Å². The number of benzene rings is 1. The smallest absolute Gasteiger partial charge is 0.122 e. The van der Waals surface area contributed by atoms with E-state index in [1.165, 1.54) is 11.1 Å². The number of nitrogens with one attached hydrogen (secondary N) is 1. The minimum Gasteiger partial charge on any atom is -0.493 e. The fourth-order valence-corrected chi connectivity index (χ4v) is 2.33. The van der Waals surface area contributed by atoms with Gasteiger partial charge in [0.15, 0.2) is 0 Å². The van der Waals surface area contributed by atoms with Crippen molar-refractivity contribution in [3.63, 3.8) is 0 Å². The van der Waals surface area contributed by atoms with Gasteiger partial charge in [-0.1, -0.05) is 19.1 Å². The van der Waals surface area contributed by atoms with Crippen LogP contribution < -0.4 is 10.1 Å². The maximum atomic E-state index is 5.53. The topological polar surface area (TPSA) is 30.5 Å². The zero-order chi connectivity index (χ0) is 13.5. The zero-order valence-corrected chi connectivity index (χ0v) is 12.1. The first-order chi connectivity index (χ1) is 9.31. The Hall–Kier alpha value is -1.06. The SMILES string of the molecule is CCCOCCCNC(C)c1ccc2c(c1)CCO2. The summed E-state index contributed by atoms with van der Waals surface area (Å²) in [7, 11) is 0. The number of hydrogen-bond donors (Lipinski definition) is 1. The average molecular weight is 263 g/mol. The van der Waals surface area contributed by atoms with E-state index in [0.29, 0.717) is 6.04 Å². The highest BCUT2D eigenvalue weighted by molar-refractivity contribution is 5.40. The van der Waals surface area contributed by atoms with Crippen molar-refractivity contribution in [3.05, 3.63) is 29.3 Å². The third kappa shape index (κ3) is 4.22. The summed E-state index contributed by atoms with van der Waals surface area (Å²) in [6, 6.07) is 6.92. The molecule has 0 aliphatic carbocycles. The van der Waals surface area contributed by atoms with Crippen molar-refractivity contribution in [3.8, 4) is 5.75 Å². The summed E-state index contributed by atoms with van der Waals surface area (Å²) in [6.45, 7) is 7.90. The molecule has 1 aromatic carbocycles. The highest BCUT2D eigenvalue weighted by Crippen LogP contribution is 2.27. The molecular weight excluding hydrogens is 238 g/mol. The molecule has 19 heavy (non-hydrogen) atoms. The Morgan fingerprint density at radius 1 is 1.37 bits per heavy atom. The highest BCUT2D eigenvalue weighted by atomic mass is 16.5. The Morgan fingerprint density at radius 3 is 3.11 bits per heavy atom. The second-order valence-corrected chi connectivity index (χ2v) is 5.11. The predicted octanol–water partition coefficient (Wildman–Crippen LogP) is 3.09. The van der Waals surface area contributed by atoms with Gasteiger partial charge < -0.3 is 14.8 Å². The molecule has 1 heterocycles. The lowest BCUT2D eigenvalue weighted by molar-refractivity contribution is 0.132. The maximum Gasteiger partial charge on any atom is 0.122 e. The fourth-order valence-electron chi connectivity index (χ4n) is 2.33. The van der Waals surface area contributed by atoms with E-state index in [2.05, 4.69) is 37.4 Å². The van der Waals surface area contributed by atoms with Gasteiger partial charge in [0.2, 0.25) is 0 Å². The van der Waals surface area contributed by atoms with E-state index in [9.17, 15) is 0 Å². The first-order valence-electron chi connectivity index (χ1n) is 7.38. The van der Waals surface area contributed by atoms with Gasteiger partial charge in [0.05, 0.1) is 6.61 Å². The summed E-state index contributed by atoms with van der Waals surface area (Å²) >= 11 is 0. The fraction of sp³-hybridized carbons (Fsp3) is 0.625. The summed E-state index contributed by atoms with van der Waals surface area (Å²) in [5, 5.41) is 3.55. The van der Waals surface area contributed by atoms with Crippen LogP contribution in [0.25, 0.3) is 0 Å². The quantitative estimate of drug-likeness (QED) is 0.731. The van der Waals surface area contributed by atoms with E-state index in [1.807, 2.05) is 0 Å². The Bertz CT molecular complexity index is 392. The predicted molar refractivity (Wildman–Crippen MR) is 77.8 cm³/mol. The third-order valence-corrected chi connectivity index (χ3v) is 3.48. The largest absolute Gasteiger partial charge is 0.493 e. The van der Waals surface area contributed by atoms with Crippen LogP contribution >= 0.6 is 0 Å². The van der Waals surface area contributed by atoms with Gasteiger partial charge in [0, 0.05) is 25.7 Å². The van der Waals surface area contributed by atoms with E-state index in [4.69, 9.17) is 9.47 Å². The molecule has 1 N–H and O–H groups in total. The molecule has 0 saturated carbocycles. The van der Waals surface area contributed by atoms with Crippen LogP contribution in [0, 0.1) is 0 Å². The third-order valence-electron chi connectivity index (χ3n) is 3.48. The van der Waals surface area contributed by atoms with Crippen LogP contribution in [0.3, 0.4) is 0 Å².